The van der Waals surface area contributed by atoms with Crippen LogP contribution in [0.15, 0.2) is 0 Å². The second kappa shape index (κ2) is 6.87. The lowest BCUT2D eigenvalue weighted by molar-refractivity contribution is 0.0480. The van der Waals surface area contributed by atoms with Crippen LogP contribution >= 0.6 is 0 Å². The first kappa shape index (κ1) is 16.3. The molecule has 2 unspecified atom stereocenters. The summed E-state index contributed by atoms with van der Waals surface area (Å²) in [6, 6.07) is 0.157. The second-order valence-corrected chi connectivity index (χ2v) is 6.13. The first-order chi connectivity index (χ1) is 7.67. The molecular formula is C14H29NO2. The van der Waals surface area contributed by atoms with Gasteiger partial charge in [0.05, 0.1) is 0 Å². The summed E-state index contributed by atoms with van der Waals surface area (Å²) < 4.78 is 5.27. The number of ether oxygens (including phenoxy) is 1. The van der Waals surface area contributed by atoms with Gasteiger partial charge >= 0.3 is 6.09 Å². The summed E-state index contributed by atoms with van der Waals surface area (Å²) >= 11 is 0. The van der Waals surface area contributed by atoms with Crippen molar-refractivity contribution in [3.63, 3.8) is 0 Å². The Kier molecular flexibility index (Phi) is 6.58. The van der Waals surface area contributed by atoms with Crippen molar-refractivity contribution in [3.05, 3.63) is 0 Å². The maximum absolute atomic E-state index is 11.7. The summed E-state index contributed by atoms with van der Waals surface area (Å²) in [6.07, 6.45) is 1.96. The molecule has 0 bridgehead atoms. The molecule has 102 valence electrons. The minimum atomic E-state index is -0.429. The molecular weight excluding hydrogens is 214 g/mol. The van der Waals surface area contributed by atoms with Crippen molar-refractivity contribution in [1.82, 2.24) is 5.32 Å². The van der Waals surface area contributed by atoms with E-state index in [0.717, 1.165) is 12.8 Å². The highest BCUT2D eigenvalue weighted by atomic mass is 16.6. The quantitative estimate of drug-likeness (QED) is 0.793. The van der Waals surface area contributed by atoms with Crippen molar-refractivity contribution in [2.24, 2.45) is 11.8 Å². The van der Waals surface area contributed by atoms with E-state index in [1.807, 2.05) is 20.8 Å². The van der Waals surface area contributed by atoms with Crippen LogP contribution in [0.3, 0.4) is 0 Å². The Bertz CT molecular complexity index is 231. The van der Waals surface area contributed by atoms with Crippen LogP contribution in [0.25, 0.3) is 0 Å². The van der Waals surface area contributed by atoms with Gasteiger partial charge in [0.15, 0.2) is 0 Å². The molecule has 0 heterocycles. The van der Waals surface area contributed by atoms with Crippen LogP contribution < -0.4 is 5.32 Å². The lowest BCUT2D eigenvalue weighted by atomic mass is 9.86. The summed E-state index contributed by atoms with van der Waals surface area (Å²) in [5, 5.41) is 2.94. The lowest BCUT2D eigenvalue weighted by Gasteiger charge is -2.29. The topological polar surface area (TPSA) is 38.3 Å². The minimum Gasteiger partial charge on any atom is -0.444 e. The molecule has 0 saturated carbocycles. The maximum atomic E-state index is 11.7. The molecule has 0 fully saturated rings. The molecule has 0 spiro atoms. The van der Waals surface area contributed by atoms with Gasteiger partial charge in [-0.15, -0.1) is 0 Å². The van der Waals surface area contributed by atoms with Gasteiger partial charge in [0.2, 0.25) is 0 Å². The van der Waals surface area contributed by atoms with Crippen LogP contribution in [0.1, 0.15) is 61.3 Å². The number of rotatable bonds is 5. The Morgan fingerprint density at radius 2 is 1.76 bits per heavy atom. The zero-order valence-corrected chi connectivity index (χ0v) is 12.5. The number of nitrogens with one attached hydrogen (secondary N) is 1. The first-order valence-electron chi connectivity index (χ1n) is 6.67. The molecule has 1 N–H and O–H groups in total. The molecule has 0 aliphatic rings. The zero-order valence-electron chi connectivity index (χ0n) is 12.5. The van der Waals surface area contributed by atoms with E-state index in [0.29, 0.717) is 11.8 Å². The molecule has 17 heavy (non-hydrogen) atoms. The van der Waals surface area contributed by atoms with Crippen molar-refractivity contribution in [2.75, 3.05) is 0 Å². The highest BCUT2D eigenvalue weighted by Crippen LogP contribution is 2.21. The summed E-state index contributed by atoms with van der Waals surface area (Å²) in [7, 11) is 0. The lowest BCUT2D eigenvalue weighted by Crippen LogP contribution is -2.42. The van der Waals surface area contributed by atoms with Crippen LogP contribution in [0, 0.1) is 11.8 Å². The van der Waals surface area contributed by atoms with Crippen LogP contribution in [0.5, 0.6) is 0 Å². The Balaban J connectivity index is 4.30. The fraction of sp³-hybridized carbons (Fsp3) is 0.929. The fourth-order valence-corrected chi connectivity index (χ4v) is 2.09. The predicted molar refractivity (Wildman–Crippen MR) is 72.1 cm³/mol. The van der Waals surface area contributed by atoms with E-state index in [-0.39, 0.29) is 12.1 Å². The van der Waals surface area contributed by atoms with E-state index in [9.17, 15) is 4.79 Å². The summed E-state index contributed by atoms with van der Waals surface area (Å²) in [5.41, 5.74) is -0.429. The highest BCUT2D eigenvalue weighted by Gasteiger charge is 2.24. The Labute approximate surface area is 106 Å². The van der Waals surface area contributed by atoms with Crippen LogP contribution in [-0.2, 0) is 4.74 Å². The molecule has 0 aliphatic heterocycles. The highest BCUT2D eigenvalue weighted by molar-refractivity contribution is 5.68. The molecule has 2 atom stereocenters. The fourth-order valence-electron chi connectivity index (χ4n) is 2.09. The molecule has 0 radical (unpaired) electrons. The van der Waals surface area contributed by atoms with Gasteiger partial charge in [-0.25, -0.2) is 4.79 Å². The monoisotopic (exact) mass is 243 g/mol. The number of amides is 1. The maximum Gasteiger partial charge on any atom is 0.407 e. The summed E-state index contributed by atoms with van der Waals surface area (Å²) in [6.45, 7) is 14.3. The van der Waals surface area contributed by atoms with E-state index in [4.69, 9.17) is 4.74 Å². The van der Waals surface area contributed by atoms with Crippen molar-refractivity contribution in [1.29, 1.82) is 0 Å². The van der Waals surface area contributed by atoms with E-state index < -0.39 is 5.60 Å². The van der Waals surface area contributed by atoms with Crippen LogP contribution in [-0.4, -0.2) is 17.7 Å². The van der Waals surface area contributed by atoms with Gasteiger partial charge in [0.1, 0.15) is 5.60 Å². The van der Waals surface area contributed by atoms with E-state index >= 15 is 0 Å². The predicted octanol–water partition coefficient (Wildman–Crippen LogP) is 3.97. The molecule has 3 heteroatoms. The molecule has 0 rings (SSSR count). The van der Waals surface area contributed by atoms with E-state index in [1.54, 1.807) is 0 Å². The van der Waals surface area contributed by atoms with E-state index in [1.165, 1.54) is 0 Å². The molecule has 0 saturated heterocycles. The smallest absolute Gasteiger partial charge is 0.407 e. The molecule has 0 aromatic rings. The number of alkyl carbamates (subject to hydrolysis) is 1. The van der Waals surface area contributed by atoms with E-state index in [2.05, 4.69) is 33.0 Å². The Morgan fingerprint density at radius 1 is 1.24 bits per heavy atom. The van der Waals surface area contributed by atoms with Crippen molar-refractivity contribution in [3.8, 4) is 0 Å². The molecule has 0 aliphatic carbocycles. The first-order valence-corrected chi connectivity index (χ1v) is 6.67. The van der Waals surface area contributed by atoms with Crippen molar-refractivity contribution >= 4 is 6.09 Å². The van der Waals surface area contributed by atoms with Crippen LogP contribution in [0.2, 0.25) is 0 Å². The Morgan fingerprint density at radius 3 is 2.12 bits per heavy atom. The van der Waals surface area contributed by atoms with Gasteiger partial charge in [-0.05, 0) is 46.0 Å². The number of carbonyl (C=O) groups excluding carboxylic acids is 1. The molecule has 0 aromatic carbocycles. The summed E-state index contributed by atoms with van der Waals surface area (Å²) in [4.78, 5) is 11.7. The number of carbonyl (C=O) groups is 1. The second-order valence-electron chi connectivity index (χ2n) is 6.13. The average molecular weight is 243 g/mol. The van der Waals surface area contributed by atoms with Crippen molar-refractivity contribution in [2.45, 2.75) is 73.0 Å². The van der Waals surface area contributed by atoms with Crippen molar-refractivity contribution < 1.29 is 9.53 Å². The third kappa shape index (κ3) is 7.24. The van der Waals surface area contributed by atoms with Gasteiger partial charge in [0.25, 0.3) is 0 Å². The number of hydrogen-bond acceptors (Lipinski definition) is 2. The third-order valence-corrected chi connectivity index (χ3v) is 2.86. The zero-order chi connectivity index (χ0) is 13.6. The third-order valence-electron chi connectivity index (χ3n) is 2.86. The van der Waals surface area contributed by atoms with Gasteiger partial charge in [-0.3, -0.25) is 0 Å². The van der Waals surface area contributed by atoms with Gasteiger partial charge < -0.3 is 10.1 Å². The number of hydrogen-bond donors (Lipinski definition) is 1. The SMILES string of the molecule is CCCC(C(C)C)C(C)NC(=O)OC(C)(C)C. The van der Waals surface area contributed by atoms with Gasteiger partial charge in [0, 0.05) is 6.04 Å². The summed E-state index contributed by atoms with van der Waals surface area (Å²) in [5.74, 6) is 1.08. The molecule has 3 nitrogen and oxygen atoms in total. The minimum absolute atomic E-state index is 0.157. The van der Waals surface area contributed by atoms with Gasteiger partial charge in [-0.1, -0.05) is 27.2 Å². The molecule has 1 amide bonds. The van der Waals surface area contributed by atoms with Crippen LogP contribution in [0.4, 0.5) is 4.79 Å². The largest absolute Gasteiger partial charge is 0.444 e. The standard InChI is InChI=1S/C14H29NO2/c1-8-9-12(10(2)3)11(4)15-13(16)17-14(5,6)7/h10-12H,8-9H2,1-7H3,(H,15,16). The molecule has 0 aromatic heterocycles. The normalized spacial score (nSPS) is 15.5. The Hall–Kier alpha value is -0.730. The van der Waals surface area contributed by atoms with Gasteiger partial charge in [-0.2, -0.15) is 0 Å². The average Bonchev–Trinajstić information content (AvgIpc) is 2.09.